The lowest BCUT2D eigenvalue weighted by Gasteiger charge is -2.41. The Balaban J connectivity index is 2.87. The monoisotopic (exact) mass is 242 g/mol. The highest BCUT2D eigenvalue weighted by Gasteiger charge is 2.52. The second kappa shape index (κ2) is 4.47. The third-order valence-corrected chi connectivity index (χ3v) is 4.07. The third-order valence-electron chi connectivity index (χ3n) is 2.46. The zero-order valence-electron chi connectivity index (χ0n) is 8.07. The van der Waals surface area contributed by atoms with Gasteiger partial charge in [-0.2, -0.15) is 0 Å². The van der Waals surface area contributed by atoms with E-state index in [-0.39, 0.29) is 0 Å². The zero-order valence-corrected chi connectivity index (χ0v) is 9.07. The van der Waals surface area contributed by atoms with Crippen LogP contribution in [0.15, 0.2) is 0 Å². The Bertz CT molecular complexity index is 256. The molecular weight excluding hydrogens is 227 g/mol. The summed E-state index contributed by atoms with van der Waals surface area (Å²) in [4.78, 5) is 0. The van der Waals surface area contributed by atoms with E-state index in [9.17, 15) is 25.0 Å². The summed E-state index contributed by atoms with van der Waals surface area (Å²) in [5.74, 6) is 0. The number of aliphatic hydroxyl groups excluding tert-OH is 4. The van der Waals surface area contributed by atoms with E-state index >= 15 is 0 Å². The molecule has 8 heteroatoms. The molecule has 0 spiro atoms. The van der Waals surface area contributed by atoms with Crippen molar-refractivity contribution in [3.8, 4) is 0 Å². The molecule has 7 nitrogen and oxygen atoms in total. The maximum absolute atomic E-state index is 11.4. The molecule has 0 amide bonds. The lowest BCUT2D eigenvalue weighted by Crippen LogP contribution is -2.57. The van der Waals surface area contributed by atoms with E-state index in [1.165, 1.54) is 0 Å². The molecule has 0 aliphatic carbocycles. The van der Waals surface area contributed by atoms with Gasteiger partial charge in [0.2, 0.25) is 8.03 Å². The Morgan fingerprint density at radius 3 is 2.53 bits per heavy atom. The average molecular weight is 242 g/mol. The zero-order chi connectivity index (χ0) is 11.8. The van der Waals surface area contributed by atoms with Gasteiger partial charge in [-0.25, -0.2) is 0 Å². The molecule has 1 unspecified atom stereocenters. The Morgan fingerprint density at radius 1 is 1.53 bits per heavy atom. The molecule has 1 heterocycles. The Labute approximate surface area is 86.8 Å². The van der Waals surface area contributed by atoms with E-state index in [0.29, 0.717) is 0 Å². The minimum absolute atomic E-state index is 0.703. The van der Waals surface area contributed by atoms with E-state index in [0.717, 1.165) is 6.92 Å². The van der Waals surface area contributed by atoms with Gasteiger partial charge in [0.1, 0.15) is 24.4 Å². The first-order chi connectivity index (χ1) is 6.82. The summed E-state index contributed by atoms with van der Waals surface area (Å²) in [5, 5.41) is 44.2. The van der Waals surface area contributed by atoms with Crippen molar-refractivity contribution in [2.24, 2.45) is 0 Å². The Kier molecular flexibility index (Phi) is 3.89. The van der Waals surface area contributed by atoms with Crippen molar-refractivity contribution in [1.82, 2.24) is 0 Å². The van der Waals surface area contributed by atoms with E-state index in [2.05, 4.69) is 0 Å². The molecular formula is C7H15O7P. The molecule has 0 bridgehead atoms. The molecule has 1 aliphatic rings. The van der Waals surface area contributed by atoms with Gasteiger partial charge in [0.05, 0.1) is 6.61 Å². The van der Waals surface area contributed by atoms with Gasteiger partial charge in [-0.15, -0.1) is 0 Å². The second-order valence-corrected chi connectivity index (χ2v) is 5.53. The van der Waals surface area contributed by atoms with E-state index in [1.807, 2.05) is 0 Å². The lowest BCUT2D eigenvalue weighted by atomic mass is 9.99. The van der Waals surface area contributed by atoms with Crippen molar-refractivity contribution < 1.29 is 34.6 Å². The Hall–Kier alpha value is -0.0100. The van der Waals surface area contributed by atoms with Gasteiger partial charge in [0, 0.05) is 0 Å². The maximum atomic E-state index is 11.4. The van der Waals surface area contributed by atoms with E-state index in [4.69, 9.17) is 9.63 Å². The summed E-state index contributed by atoms with van der Waals surface area (Å²) in [6.45, 7) is 0.371. The van der Waals surface area contributed by atoms with Crippen molar-refractivity contribution in [3.05, 3.63) is 0 Å². The number of hydrogen-bond donors (Lipinski definition) is 5. The van der Waals surface area contributed by atoms with Gasteiger partial charge < -0.3 is 30.1 Å². The highest BCUT2D eigenvalue weighted by molar-refractivity contribution is 7.41. The van der Waals surface area contributed by atoms with Crippen LogP contribution in [0, 0.1) is 0 Å². The molecule has 1 fully saturated rings. The SMILES string of the molecule is C[C@]1(O)[C@@H](O)[C@@H](O)[C@@H]([C@H](O)CO)O[PH]1=O. The van der Waals surface area contributed by atoms with Crippen molar-refractivity contribution in [2.75, 3.05) is 6.61 Å². The standard InChI is InChI=1S/C7H15O7P/c1-7(12)6(11)4(10)5(3(9)2-8)14-15(7)13/h3-6,8-12,15H,2H2,1H3/t3-,4+,5-,6+,7-/m1/s1. The molecule has 1 rings (SSSR count). The van der Waals surface area contributed by atoms with Crippen molar-refractivity contribution in [1.29, 1.82) is 0 Å². The first kappa shape index (κ1) is 13.1. The van der Waals surface area contributed by atoms with Gasteiger partial charge in [-0.05, 0) is 6.92 Å². The minimum atomic E-state index is -3.03. The predicted molar refractivity (Wildman–Crippen MR) is 49.6 cm³/mol. The first-order valence-electron chi connectivity index (χ1n) is 4.41. The number of rotatable bonds is 2. The molecule has 1 aliphatic heterocycles. The van der Waals surface area contributed by atoms with Crippen LogP contribution in [-0.2, 0) is 9.09 Å². The van der Waals surface area contributed by atoms with Crippen LogP contribution in [-0.4, -0.2) is 61.9 Å². The quantitative estimate of drug-likeness (QED) is 0.343. The lowest BCUT2D eigenvalue weighted by molar-refractivity contribution is -0.161. The highest BCUT2D eigenvalue weighted by atomic mass is 31.1. The molecule has 0 aromatic heterocycles. The van der Waals surface area contributed by atoms with Gasteiger partial charge >= 0.3 is 0 Å². The summed E-state index contributed by atoms with van der Waals surface area (Å²) >= 11 is 0. The van der Waals surface area contributed by atoms with Crippen LogP contribution in [0.4, 0.5) is 0 Å². The summed E-state index contributed by atoms with van der Waals surface area (Å²) < 4.78 is 16.1. The van der Waals surface area contributed by atoms with Gasteiger partial charge in [0.15, 0.2) is 5.34 Å². The van der Waals surface area contributed by atoms with Crippen LogP contribution in [0.5, 0.6) is 0 Å². The maximum Gasteiger partial charge on any atom is 0.225 e. The van der Waals surface area contributed by atoms with E-state index in [1.54, 1.807) is 0 Å². The fourth-order valence-electron chi connectivity index (χ4n) is 1.36. The summed E-state index contributed by atoms with van der Waals surface area (Å²) in [5.41, 5.74) is 0. The van der Waals surface area contributed by atoms with Crippen molar-refractivity contribution in [3.63, 3.8) is 0 Å². The van der Waals surface area contributed by atoms with Crippen LogP contribution in [0.25, 0.3) is 0 Å². The molecule has 0 aromatic carbocycles. The second-order valence-electron chi connectivity index (χ2n) is 3.70. The van der Waals surface area contributed by atoms with Crippen LogP contribution in [0.2, 0.25) is 0 Å². The molecule has 0 aromatic rings. The molecule has 90 valence electrons. The summed E-state index contributed by atoms with van der Waals surface area (Å²) in [6.07, 6.45) is -6.12. The molecule has 1 saturated heterocycles. The van der Waals surface area contributed by atoms with Crippen LogP contribution < -0.4 is 0 Å². The van der Waals surface area contributed by atoms with Gasteiger partial charge in [-0.1, -0.05) is 0 Å². The predicted octanol–water partition coefficient (Wildman–Crippen LogP) is -2.36. The number of aliphatic hydroxyl groups is 5. The van der Waals surface area contributed by atoms with Crippen LogP contribution >= 0.6 is 8.03 Å². The highest BCUT2D eigenvalue weighted by Crippen LogP contribution is 2.47. The molecule has 0 saturated carbocycles. The molecule has 6 atom stereocenters. The largest absolute Gasteiger partial charge is 0.394 e. The first-order valence-corrected chi connectivity index (χ1v) is 5.72. The van der Waals surface area contributed by atoms with Crippen LogP contribution in [0.3, 0.4) is 0 Å². The van der Waals surface area contributed by atoms with Gasteiger partial charge in [0.25, 0.3) is 0 Å². The fraction of sp³-hybridized carbons (Fsp3) is 1.00. The minimum Gasteiger partial charge on any atom is -0.394 e. The summed E-state index contributed by atoms with van der Waals surface area (Å²) in [6, 6.07) is 0. The van der Waals surface area contributed by atoms with E-state index < -0.39 is 44.4 Å². The number of hydrogen-bond acceptors (Lipinski definition) is 7. The average Bonchev–Trinajstić information content (AvgIpc) is 2.20. The van der Waals surface area contributed by atoms with Crippen molar-refractivity contribution >= 4 is 8.03 Å². The smallest absolute Gasteiger partial charge is 0.225 e. The molecule has 5 N–H and O–H groups in total. The Morgan fingerprint density at radius 2 is 2.07 bits per heavy atom. The molecule has 15 heavy (non-hydrogen) atoms. The third kappa shape index (κ3) is 2.24. The topological polar surface area (TPSA) is 127 Å². The summed E-state index contributed by atoms with van der Waals surface area (Å²) in [7, 11) is -3.03. The van der Waals surface area contributed by atoms with Crippen LogP contribution in [0.1, 0.15) is 6.92 Å². The fourth-order valence-corrected chi connectivity index (χ4v) is 2.55. The van der Waals surface area contributed by atoms with Crippen molar-refractivity contribution in [2.45, 2.75) is 36.7 Å². The molecule has 0 radical (unpaired) electrons. The normalized spacial score (nSPS) is 48.9. The van der Waals surface area contributed by atoms with Gasteiger partial charge in [-0.3, -0.25) is 4.57 Å².